The second-order valence-electron chi connectivity index (χ2n) is 17.7. The van der Waals surface area contributed by atoms with Gasteiger partial charge in [-0.2, -0.15) is 0 Å². The van der Waals surface area contributed by atoms with Gasteiger partial charge in [-0.15, -0.1) is 0 Å². The number of para-hydroxylation sites is 2. The summed E-state index contributed by atoms with van der Waals surface area (Å²) in [6, 6.07) is 66.2. The maximum absolute atomic E-state index is 6.62. The van der Waals surface area contributed by atoms with Crippen LogP contribution in [-0.2, 0) is 10.8 Å². The smallest absolute Gasteiger partial charge is 0.136 e. The first-order valence-corrected chi connectivity index (χ1v) is 20.9. The maximum atomic E-state index is 6.62. The minimum atomic E-state index is 0.127. The van der Waals surface area contributed by atoms with Crippen LogP contribution in [-0.4, -0.2) is 4.57 Å². The highest BCUT2D eigenvalue weighted by Gasteiger charge is 2.37. The molecule has 0 saturated heterocycles. The average molecular weight is 763 g/mol. The highest BCUT2D eigenvalue weighted by atomic mass is 16.3. The van der Waals surface area contributed by atoms with E-state index in [1.165, 1.54) is 68.2 Å². The van der Waals surface area contributed by atoms with Crippen LogP contribution in [0.5, 0.6) is 0 Å². The number of hydrogen-bond donors (Lipinski definition) is 0. The minimum absolute atomic E-state index is 0.127. The van der Waals surface area contributed by atoms with Gasteiger partial charge in [-0.1, -0.05) is 131 Å². The summed E-state index contributed by atoms with van der Waals surface area (Å²) in [6.45, 7) is 9.62. The largest absolute Gasteiger partial charge is 0.456 e. The molecule has 0 radical (unpaired) electrons. The summed E-state index contributed by atoms with van der Waals surface area (Å²) in [6.07, 6.45) is 2.39. The van der Waals surface area contributed by atoms with Gasteiger partial charge in [0.25, 0.3) is 0 Å². The first-order chi connectivity index (χ1) is 28.7. The monoisotopic (exact) mass is 762 g/mol. The summed E-state index contributed by atoms with van der Waals surface area (Å²) in [7, 11) is 0. The minimum Gasteiger partial charge on any atom is -0.456 e. The van der Waals surface area contributed by atoms with Gasteiger partial charge in [-0.25, -0.2) is 0 Å². The van der Waals surface area contributed by atoms with Crippen molar-refractivity contribution >= 4 is 60.8 Å². The Bertz CT molecular complexity index is 3200. The van der Waals surface area contributed by atoms with Gasteiger partial charge in [0.15, 0.2) is 0 Å². The zero-order chi connectivity index (χ0) is 39.9. The molecule has 0 unspecified atom stereocenters. The number of aromatic nitrogens is 1. The molecule has 59 heavy (non-hydrogen) atoms. The van der Waals surface area contributed by atoms with E-state index in [9.17, 15) is 0 Å². The van der Waals surface area contributed by atoms with E-state index in [4.69, 9.17) is 4.42 Å². The number of furan rings is 1. The standard InChI is InChI=1S/C56H46N2O/c1-55(2)31-32-56(3,4)50-36-44(25-29-49(50)55)58-51-18-12-11-17-45(51)46-27-21-39(33-52(46)58)40-22-28-47-48-35-43(26-30-53(48)59-54(47)34-40)57(41-15-9-6-10-16-41)42-23-19-38(20-24-42)37-13-7-5-8-14-37/h5-30,33-36H,31-32H2,1-4H3. The Balaban J connectivity index is 1.00. The lowest BCUT2D eigenvalue weighted by atomic mass is 9.63. The van der Waals surface area contributed by atoms with Crippen molar-refractivity contribution in [1.29, 1.82) is 0 Å². The first-order valence-electron chi connectivity index (χ1n) is 20.9. The SMILES string of the molecule is CC1(C)CCC(C)(C)c2cc(-n3c4ccccc4c4ccc(-c5ccc6c(c5)oc5ccc(N(c7ccccc7)c7ccc(-c8ccccc8)cc7)cc56)cc43)ccc21. The van der Waals surface area contributed by atoms with Gasteiger partial charge in [-0.3, -0.25) is 0 Å². The van der Waals surface area contributed by atoms with Crippen LogP contribution in [0.15, 0.2) is 186 Å². The fourth-order valence-corrected chi connectivity index (χ4v) is 9.69. The van der Waals surface area contributed by atoms with Crippen LogP contribution in [0, 0.1) is 0 Å². The van der Waals surface area contributed by atoms with Gasteiger partial charge in [0, 0.05) is 44.3 Å². The van der Waals surface area contributed by atoms with E-state index >= 15 is 0 Å². The molecule has 0 spiro atoms. The molecule has 0 aliphatic heterocycles. The molecule has 0 amide bonds. The highest BCUT2D eigenvalue weighted by Crippen LogP contribution is 2.47. The average Bonchev–Trinajstić information content (AvgIpc) is 3.81. The van der Waals surface area contributed by atoms with Crippen LogP contribution in [0.25, 0.3) is 71.7 Å². The number of hydrogen-bond acceptors (Lipinski definition) is 2. The summed E-state index contributed by atoms with van der Waals surface area (Å²) in [5, 5.41) is 4.73. The second kappa shape index (κ2) is 13.4. The van der Waals surface area contributed by atoms with E-state index in [1.807, 2.05) is 0 Å². The molecule has 286 valence electrons. The third-order valence-electron chi connectivity index (χ3n) is 13.1. The van der Waals surface area contributed by atoms with E-state index in [1.54, 1.807) is 0 Å². The topological polar surface area (TPSA) is 21.3 Å². The Morgan fingerprint density at radius 3 is 1.78 bits per heavy atom. The molecule has 3 heteroatoms. The van der Waals surface area contributed by atoms with E-state index < -0.39 is 0 Å². The van der Waals surface area contributed by atoms with Gasteiger partial charge in [0.05, 0.1) is 11.0 Å². The first kappa shape index (κ1) is 35.3. The second-order valence-corrected chi connectivity index (χ2v) is 17.7. The summed E-state index contributed by atoms with van der Waals surface area (Å²) >= 11 is 0. The normalized spacial score (nSPS) is 14.6. The molecule has 0 N–H and O–H groups in total. The van der Waals surface area contributed by atoms with Crippen LogP contribution in [0.1, 0.15) is 51.7 Å². The Morgan fingerprint density at radius 2 is 1.00 bits per heavy atom. The third kappa shape index (κ3) is 5.87. The third-order valence-corrected chi connectivity index (χ3v) is 13.1. The van der Waals surface area contributed by atoms with E-state index in [-0.39, 0.29) is 10.8 Å². The molecular formula is C56H46N2O. The van der Waals surface area contributed by atoms with E-state index in [0.29, 0.717) is 0 Å². The number of benzene rings is 8. The Hall–Kier alpha value is -6.84. The molecule has 0 saturated carbocycles. The molecule has 8 aromatic carbocycles. The van der Waals surface area contributed by atoms with Crippen molar-refractivity contribution in [1.82, 2.24) is 4.57 Å². The van der Waals surface area contributed by atoms with Gasteiger partial charge >= 0.3 is 0 Å². The lowest BCUT2D eigenvalue weighted by Crippen LogP contribution is -2.33. The number of nitrogens with zero attached hydrogens (tertiary/aromatic N) is 2. The Morgan fingerprint density at radius 1 is 0.407 bits per heavy atom. The fraction of sp³-hybridized carbons (Fsp3) is 0.143. The van der Waals surface area contributed by atoms with Crippen molar-refractivity contribution in [2.24, 2.45) is 0 Å². The van der Waals surface area contributed by atoms with Gasteiger partial charge in [-0.05, 0) is 136 Å². The molecule has 2 aromatic heterocycles. The quantitative estimate of drug-likeness (QED) is 0.168. The number of rotatable bonds is 6. The summed E-state index contributed by atoms with van der Waals surface area (Å²) < 4.78 is 9.09. The molecule has 11 rings (SSSR count). The van der Waals surface area contributed by atoms with Crippen LogP contribution in [0.4, 0.5) is 17.1 Å². The van der Waals surface area contributed by atoms with Crippen molar-refractivity contribution in [2.75, 3.05) is 4.90 Å². The van der Waals surface area contributed by atoms with E-state index in [2.05, 4.69) is 219 Å². The Kier molecular flexibility index (Phi) is 8.00. The van der Waals surface area contributed by atoms with Crippen LogP contribution in [0.3, 0.4) is 0 Å². The van der Waals surface area contributed by atoms with Crippen molar-refractivity contribution in [3.63, 3.8) is 0 Å². The highest BCUT2D eigenvalue weighted by molar-refractivity contribution is 6.11. The summed E-state index contributed by atoms with van der Waals surface area (Å²) in [4.78, 5) is 2.32. The number of fused-ring (bicyclic) bond motifs is 7. The van der Waals surface area contributed by atoms with E-state index in [0.717, 1.165) is 44.6 Å². The zero-order valence-electron chi connectivity index (χ0n) is 34.0. The van der Waals surface area contributed by atoms with Gasteiger partial charge in [0.1, 0.15) is 11.2 Å². The van der Waals surface area contributed by atoms with Crippen molar-refractivity contribution < 1.29 is 4.42 Å². The molecule has 2 heterocycles. The van der Waals surface area contributed by atoms with Crippen molar-refractivity contribution in [2.45, 2.75) is 51.4 Å². The molecule has 0 fully saturated rings. The molecule has 0 atom stereocenters. The molecule has 1 aliphatic carbocycles. The molecule has 10 aromatic rings. The molecule has 1 aliphatic rings. The Labute approximate surface area is 345 Å². The maximum Gasteiger partial charge on any atom is 0.136 e. The predicted molar refractivity (Wildman–Crippen MR) is 249 cm³/mol. The predicted octanol–water partition coefficient (Wildman–Crippen LogP) is 15.8. The lowest BCUT2D eigenvalue weighted by molar-refractivity contribution is 0.332. The van der Waals surface area contributed by atoms with Gasteiger partial charge < -0.3 is 13.9 Å². The summed E-state index contributed by atoms with van der Waals surface area (Å²) in [5.74, 6) is 0. The van der Waals surface area contributed by atoms with Crippen LogP contribution < -0.4 is 4.90 Å². The zero-order valence-corrected chi connectivity index (χ0v) is 34.0. The number of anilines is 3. The molecule has 3 nitrogen and oxygen atoms in total. The van der Waals surface area contributed by atoms with Crippen molar-refractivity contribution in [3.05, 3.63) is 193 Å². The molecular weight excluding hydrogens is 717 g/mol. The van der Waals surface area contributed by atoms with Gasteiger partial charge in [0.2, 0.25) is 0 Å². The molecule has 0 bridgehead atoms. The van der Waals surface area contributed by atoms with Crippen molar-refractivity contribution in [3.8, 4) is 27.9 Å². The van der Waals surface area contributed by atoms with Crippen LogP contribution in [0.2, 0.25) is 0 Å². The lowest BCUT2D eigenvalue weighted by Gasteiger charge is -2.42. The summed E-state index contributed by atoms with van der Waals surface area (Å²) in [5.41, 5.74) is 16.7. The van der Waals surface area contributed by atoms with Crippen LogP contribution >= 0.6 is 0 Å². The fourth-order valence-electron chi connectivity index (χ4n) is 9.69.